The molecule has 1 heterocycles. The molecule has 0 aliphatic heterocycles. The molecule has 152 valence electrons. The van der Waals surface area contributed by atoms with E-state index < -0.39 is 0 Å². The smallest absolute Gasteiger partial charge is 0.336 e. The molecule has 8 heteroatoms. The van der Waals surface area contributed by atoms with Crippen molar-refractivity contribution in [2.24, 2.45) is 0 Å². The second-order valence-corrected chi connectivity index (χ2v) is 6.24. The molecule has 0 amide bonds. The van der Waals surface area contributed by atoms with Crippen LogP contribution in [-0.2, 0) is 4.74 Å². The van der Waals surface area contributed by atoms with E-state index in [4.69, 9.17) is 18.9 Å². The van der Waals surface area contributed by atoms with Gasteiger partial charge >= 0.3 is 6.01 Å². The summed E-state index contributed by atoms with van der Waals surface area (Å²) in [7, 11) is 4.63. The molecule has 0 radical (unpaired) electrons. The van der Waals surface area contributed by atoms with E-state index in [9.17, 15) is 4.79 Å². The van der Waals surface area contributed by atoms with Crippen molar-refractivity contribution in [1.29, 1.82) is 0 Å². The standard InChI is InChI=1S/C21H23N3O5/c1-14-5-7-15(8-6-14)19-22-21(29-10-9-26-2)23-24(19)20(25)16-11-17(27-3)13-18(12-16)28-4/h5-8,11-13H,9-10H2,1-4H3. The number of aryl methyl sites for hydroxylation is 1. The van der Waals surface area contributed by atoms with Crippen molar-refractivity contribution in [2.75, 3.05) is 34.5 Å². The second kappa shape index (κ2) is 9.20. The van der Waals surface area contributed by atoms with Gasteiger partial charge in [0.15, 0.2) is 5.82 Å². The maximum atomic E-state index is 13.3. The van der Waals surface area contributed by atoms with Crippen LogP contribution in [0.4, 0.5) is 0 Å². The Hall–Kier alpha value is -3.39. The minimum Gasteiger partial charge on any atom is -0.497 e. The average molecular weight is 397 g/mol. The lowest BCUT2D eigenvalue weighted by molar-refractivity contribution is 0.0942. The van der Waals surface area contributed by atoms with Crippen molar-refractivity contribution >= 4 is 5.91 Å². The summed E-state index contributed by atoms with van der Waals surface area (Å²) >= 11 is 0. The Bertz CT molecular complexity index is 960. The Balaban J connectivity index is 2.04. The van der Waals surface area contributed by atoms with Gasteiger partial charge in [0, 0.05) is 24.3 Å². The molecule has 29 heavy (non-hydrogen) atoms. The monoisotopic (exact) mass is 397 g/mol. The summed E-state index contributed by atoms with van der Waals surface area (Å²) in [5.74, 6) is 0.999. The third-order valence-corrected chi connectivity index (χ3v) is 4.21. The van der Waals surface area contributed by atoms with Crippen LogP contribution in [-0.4, -0.2) is 55.2 Å². The van der Waals surface area contributed by atoms with Gasteiger partial charge in [-0.05, 0) is 19.1 Å². The number of benzene rings is 2. The molecule has 1 aromatic heterocycles. The van der Waals surface area contributed by atoms with E-state index in [0.717, 1.165) is 11.1 Å². The van der Waals surface area contributed by atoms with E-state index in [1.165, 1.54) is 18.9 Å². The summed E-state index contributed by atoms with van der Waals surface area (Å²) in [6, 6.07) is 12.7. The van der Waals surface area contributed by atoms with Crippen LogP contribution in [0.25, 0.3) is 11.4 Å². The average Bonchev–Trinajstić information content (AvgIpc) is 3.17. The van der Waals surface area contributed by atoms with Crippen LogP contribution < -0.4 is 14.2 Å². The van der Waals surface area contributed by atoms with Gasteiger partial charge in [-0.15, -0.1) is 5.10 Å². The topological polar surface area (TPSA) is 84.7 Å². The number of nitrogens with zero attached hydrogens (tertiary/aromatic N) is 3. The minimum absolute atomic E-state index is 0.0980. The van der Waals surface area contributed by atoms with Crippen LogP contribution in [0.1, 0.15) is 15.9 Å². The number of hydrogen-bond donors (Lipinski definition) is 0. The van der Waals surface area contributed by atoms with E-state index in [2.05, 4.69) is 10.1 Å². The lowest BCUT2D eigenvalue weighted by Crippen LogP contribution is -2.16. The summed E-state index contributed by atoms with van der Waals surface area (Å²) < 4.78 is 22.3. The quantitative estimate of drug-likeness (QED) is 0.540. The molecule has 0 atom stereocenters. The van der Waals surface area contributed by atoms with E-state index >= 15 is 0 Å². The fraction of sp³-hybridized carbons (Fsp3) is 0.286. The zero-order chi connectivity index (χ0) is 20.8. The molecule has 0 saturated carbocycles. The van der Waals surface area contributed by atoms with Crippen molar-refractivity contribution in [3.05, 3.63) is 53.6 Å². The van der Waals surface area contributed by atoms with Gasteiger partial charge in [-0.25, -0.2) is 0 Å². The molecular weight excluding hydrogens is 374 g/mol. The highest BCUT2D eigenvalue weighted by Gasteiger charge is 2.21. The van der Waals surface area contributed by atoms with Crippen molar-refractivity contribution < 1.29 is 23.7 Å². The van der Waals surface area contributed by atoms with Crippen molar-refractivity contribution in [2.45, 2.75) is 6.92 Å². The predicted molar refractivity (Wildman–Crippen MR) is 107 cm³/mol. The second-order valence-electron chi connectivity index (χ2n) is 6.24. The molecule has 0 spiro atoms. The van der Waals surface area contributed by atoms with Gasteiger partial charge in [-0.2, -0.15) is 9.67 Å². The highest BCUT2D eigenvalue weighted by molar-refractivity contribution is 5.98. The van der Waals surface area contributed by atoms with Crippen molar-refractivity contribution in [1.82, 2.24) is 14.8 Å². The Labute approximate surface area is 169 Å². The van der Waals surface area contributed by atoms with E-state index in [-0.39, 0.29) is 18.5 Å². The first-order valence-electron chi connectivity index (χ1n) is 8.99. The Morgan fingerprint density at radius 1 is 0.966 bits per heavy atom. The van der Waals surface area contributed by atoms with Gasteiger partial charge in [-0.1, -0.05) is 29.8 Å². The maximum Gasteiger partial charge on any atom is 0.336 e. The zero-order valence-electron chi connectivity index (χ0n) is 16.8. The number of ether oxygens (including phenoxy) is 4. The molecule has 0 saturated heterocycles. The number of hydrogen-bond acceptors (Lipinski definition) is 7. The van der Waals surface area contributed by atoms with E-state index in [1.807, 2.05) is 31.2 Å². The van der Waals surface area contributed by atoms with Gasteiger partial charge in [0.25, 0.3) is 5.91 Å². The Morgan fingerprint density at radius 3 is 2.21 bits per heavy atom. The largest absolute Gasteiger partial charge is 0.497 e. The molecular formula is C21H23N3O5. The van der Waals surface area contributed by atoms with Crippen LogP contribution in [0.5, 0.6) is 17.5 Å². The number of methoxy groups -OCH3 is 3. The highest BCUT2D eigenvalue weighted by Crippen LogP contribution is 2.26. The first kappa shape index (κ1) is 20.3. The molecule has 0 unspecified atom stereocenters. The normalized spacial score (nSPS) is 10.6. The molecule has 0 N–H and O–H groups in total. The SMILES string of the molecule is COCCOc1nc(-c2ccc(C)cc2)n(C(=O)c2cc(OC)cc(OC)c2)n1. The van der Waals surface area contributed by atoms with Crippen LogP contribution in [0, 0.1) is 6.92 Å². The van der Waals surface area contributed by atoms with Crippen LogP contribution in [0.15, 0.2) is 42.5 Å². The van der Waals surface area contributed by atoms with Gasteiger partial charge in [0.2, 0.25) is 0 Å². The lowest BCUT2D eigenvalue weighted by Gasteiger charge is -2.09. The number of rotatable bonds is 8. The summed E-state index contributed by atoms with van der Waals surface area (Å²) in [6.45, 7) is 2.64. The first-order chi connectivity index (χ1) is 14.0. The number of carbonyl (C=O) groups is 1. The third kappa shape index (κ3) is 4.72. The molecule has 0 fully saturated rings. The Morgan fingerprint density at radius 2 is 1.62 bits per heavy atom. The summed E-state index contributed by atoms with van der Waals surface area (Å²) in [5, 5.41) is 4.26. The van der Waals surface area contributed by atoms with Crippen molar-refractivity contribution in [3.63, 3.8) is 0 Å². The lowest BCUT2D eigenvalue weighted by atomic mass is 10.1. The fourth-order valence-electron chi connectivity index (χ4n) is 2.65. The summed E-state index contributed by atoms with van der Waals surface area (Å²) in [5.41, 5.74) is 2.19. The zero-order valence-corrected chi connectivity index (χ0v) is 16.8. The summed E-state index contributed by atoms with van der Waals surface area (Å²) in [6.07, 6.45) is 0. The minimum atomic E-state index is -0.383. The first-order valence-corrected chi connectivity index (χ1v) is 8.99. The highest BCUT2D eigenvalue weighted by atomic mass is 16.5. The van der Waals surface area contributed by atoms with E-state index in [0.29, 0.717) is 29.5 Å². The molecule has 2 aromatic carbocycles. The van der Waals surface area contributed by atoms with Gasteiger partial charge in [0.05, 0.1) is 20.8 Å². The van der Waals surface area contributed by atoms with Crippen LogP contribution in [0.2, 0.25) is 0 Å². The molecule has 0 aliphatic carbocycles. The van der Waals surface area contributed by atoms with Crippen molar-refractivity contribution in [3.8, 4) is 28.9 Å². The molecule has 0 aliphatic rings. The maximum absolute atomic E-state index is 13.3. The van der Waals surface area contributed by atoms with Gasteiger partial charge in [-0.3, -0.25) is 4.79 Å². The predicted octanol–water partition coefficient (Wildman–Crippen LogP) is 2.98. The molecule has 0 bridgehead atoms. The van der Waals surface area contributed by atoms with Gasteiger partial charge in [0.1, 0.15) is 18.1 Å². The van der Waals surface area contributed by atoms with E-state index in [1.54, 1.807) is 25.3 Å². The molecule has 3 rings (SSSR count). The van der Waals surface area contributed by atoms with Crippen LogP contribution >= 0.6 is 0 Å². The number of aromatic nitrogens is 3. The third-order valence-electron chi connectivity index (χ3n) is 4.21. The fourth-order valence-corrected chi connectivity index (χ4v) is 2.65. The number of carbonyl (C=O) groups excluding carboxylic acids is 1. The molecule has 3 aromatic rings. The molecule has 8 nitrogen and oxygen atoms in total. The van der Waals surface area contributed by atoms with Gasteiger partial charge < -0.3 is 18.9 Å². The van der Waals surface area contributed by atoms with Crippen LogP contribution in [0.3, 0.4) is 0 Å². The summed E-state index contributed by atoms with van der Waals surface area (Å²) in [4.78, 5) is 17.7. The Kier molecular flexibility index (Phi) is 6.46.